The number of thiophene rings is 1. The number of pyridine rings is 1. The van der Waals surface area contributed by atoms with Gasteiger partial charge in [0.15, 0.2) is 0 Å². The van der Waals surface area contributed by atoms with Crippen molar-refractivity contribution in [3.8, 4) is 0 Å². The summed E-state index contributed by atoms with van der Waals surface area (Å²) >= 11 is 1.25. The summed E-state index contributed by atoms with van der Waals surface area (Å²) in [5.74, 6) is -0.0428. The zero-order valence-corrected chi connectivity index (χ0v) is 15.2. The van der Waals surface area contributed by atoms with Crippen LogP contribution in [0.2, 0.25) is 0 Å². The van der Waals surface area contributed by atoms with E-state index in [1.807, 2.05) is 6.07 Å². The average molecular weight is 364 g/mol. The molecule has 1 saturated heterocycles. The second-order valence-electron chi connectivity index (χ2n) is 6.24. The van der Waals surface area contributed by atoms with Crippen molar-refractivity contribution < 1.29 is 14.3 Å². The van der Waals surface area contributed by atoms with Crippen LogP contribution >= 0.6 is 11.3 Å². The van der Waals surface area contributed by atoms with Gasteiger partial charge >= 0.3 is 0 Å². The molecule has 0 saturated carbocycles. The molecule has 7 nitrogen and oxygen atoms in total. The molecule has 0 bridgehead atoms. The normalized spacial score (nSPS) is 18.0. The molecule has 0 spiro atoms. The van der Waals surface area contributed by atoms with Crippen LogP contribution in [-0.4, -0.2) is 50.9 Å². The summed E-state index contributed by atoms with van der Waals surface area (Å²) in [6, 6.07) is 1.96. The number of nitrogen functional groups attached to an aromatic ring is 1. The number of rotatable bonds is 7. The number of methoxy groups -OCH3 is 1. The molecule has 8 heteroatoms. The number of hydrogen-bond donors (Lipinski definition) is 2. The first-order valence-corrected chi connectivity index (χ1v) is 9.22. The zero-order chi connectivity index (χ0) is 17.8. The van der Waals surface area contributed by atoms with E-state index in [-0.39, 0.29) is 0 Å². The van der Waals surface area contributed by atoms with Gasteiger partial charge in [0, 0.05) is 26.4 Å². The van der Waals surface area contributed by atoms with Gasteiger partial charge in [-0.05, 0) is 24.8 Å². The molecule has 2 aromatic heterocycles. The van der Waals surface area contributed by atoms with Gasteiger partial charge in [0.2, 0.25) is 0 Å². The van der Waals surface area contributed by atoms with Gasteiger partial charge in [-0.3, -0.25) is 4.79 Å². The first-order valence-electron chi connectivity index (χ1n) is 8.40. The van der Waals surface area contributed by atoms with Crippen molar-refractivity contribution in [1.82, 2.24) is 4.98 Å². The van der Waals surface area contributed by atoms with E-state index in [1.165, 1.54) is 11.3 Å². The molecule has 1 unspecified atom stereocenters. The Morgan fingerprint density at radius 2 is 2.32 bits per heavy atom. The van der Waals surface area contributed by atoms with E-state index in [4.69, 9.17) is 20.9 Å². The monoisotopic (exact) mass is 364 g/mol. The molecular formula is C17H24N4O3S. The molecule has 1 fully saturated rings. The van der Waals surface area contributed by atoms with E-state index in [1.54, 1.807) is 13.3 Å². The third-order valence-corrected chi connectivity index (χ3v) is 5.60. The van der Waals surface area contributed by atoms with Crippen molar-refractivity contribution in [3.63, 3.8) is 0 Å². The molecule has 3 heterocycles. The maximum atomic E-state index is 11.6. The van der Waals surface area contributed by atoms with Crippen LogP contribution in [-0.2, 0) is 9.47 Å². The fourth-order valence-electron chi connectivity index (χ4n) is 3.29. The molecular weight excluding hydrogens is 340 g/mol. The summed E-state index contributed by atoms with van der Waals surface area (Å²) < 4.78 is 10.7. The minimum atomic E-state index is -0.505. The lowest BCUT2D eigenvalue weighted by molar-refractivity contribution is 0.0485. The van der Waals surface area contributed by atoms with E-state index in [9.17, 15) is 4.79 Å². The van der Waals surface area contributed by atoms with Crippen molar-refractivity contribution in [1.29, 1.82) is 0 Å². The molecule has 1 aliphatic heterocycles. The van der Waals surface area contributed by atoms with Crippen molar-refractivity contribution in [3.05, 3.63) is 17.1 Å². The molecule has 0 aromatic carbocycles. The predicted octanol–water partition coefficient (Wildman–Crippen LogP) is 1.86. The smallest absolute Gasteiger partial charge is 0.260 e. The van der Waals surface area contributed by atoms with Gasteiger partial charge in [0.25, 0.3) is 5.91 Å². The standard InChI is InChI=1S/C17H24N4O3S/c1-23-7-8-24-10-11-3-2-6-21(9-11)12-4-5-20-17-13(12)14(18)15(25-17)16(19)22/h4-5,11H,2-3,6-10,18H2,1H3,(H2,19,22). The highest BCUT2D eigenvalue weighted by molar-refractivity contribution is 7.21. The number of ether oxygens (including phenoxy) is 2. The Hall–Kier alpha value is -1.90. The summed E-state index contributed by atoms with van der Waals surface area (Å²) in [6.45, 7) is 3.80. The number of hydrogen-bond acceptors (Lipinski definition) is 7. The summed E-state index contributed by atoms with van der Waals surface area (Å²) in [6.07, 6.45) is 4.00. The number of piperidine rings is 1. The fourth-order valence-corrected chi connectivity index (χ4v) is 4.22. The minimum Gasteiger partial charge on any atom is -0.397 e. The quantitative estimate of drug-likeness (QED) is 0.727. The Labute approximate surface area is 150 Å². The number of amides is 1. The van der Waals surface area contributed by atoms with E-state index >= 15 is 0 Å². The number of carbonyl (C=O) groups is 1. The number of carbonyl (C=O) groups excluding carboxylic acids is 1. The van der Waals surface area contributed by atoms with Gasteiger partial charge < -0.3 is 25.8 Å². The number of nitrogens with two attached hydrogens (primary N) is 2. The van der Waals surface area contributed by atoms with Crippen LogP contribution < -0.4 is 16.4 Å². The van der Waals surface area contributed by atoms with Gasteiger partial charge in [-0.2, -0.15) is 0 Å². The van der Waals surface area contributed by atoms with E-state index < -0.39 is 5.91 Å². The number of fused-ring (bicyclic) bond motifs is 1. The molecule has 25 heavy (non-hydrogen) atoms. The summed E-state index contributed by atoms with van der Waals surface area (Å²) in [4.78, 5) is 19.4. The molecule has 136 valence electrons. The highest BCUT2D eigenvalue weighted by Crippen LogP contribution is 2.39. The van der Waals surface area contributed by atoms with Gasteiger partial charge in [-0.25, -0.2) is 4.98 Å². The zero-order valence-electron chi connectivity index (χ0n) is 14.4. The van der Waals surface area contributed by atoms with Crippen LogP contribution in [0.5, 0.6) is 0 Å². The van der Waals surface area contributed by atoms with Gasteiger partial charge in [-0.1, -0.05) is 0 Å². The molecule has 0 radical (unpaired) electrons. The van der Waals surface area contributed by atoms with Crippen LogP contribution in [0, 0.1) is 5.92 Å². The van der Waals surface area contributed by atoms with E-state index in [2.05, 4.69) is 9.88 Å². The molecule has 0 aliphatic carbocycles. The highest BCUT2D eigenvalue weighted by Gasteiger charge is 2.24. The highest BCUT2D eigenvalue weighted by atomic mass is 32.1. The molecule has 4 N–H and O–H groups in total. The summed E-state index contributed by atoms with van der Waals surface area (Å²) in [5.41, 5.74) is 13.1. The largest absolute Gasteiger partial charge is 0.397 e. The van der Waals surface area contributed by atoms with Crippen LogP contribution in [0.3, 0.4) is 0 Å². The SMILES string of the molecule is COCCOCC1CCCN(c2ccnc3sc(C(N)=O)c(N)c23)C1. The summed E-state index contributed by atoms with van der Waals surface area (Å²) in [7, 11) is 1.67. The minimum absolute atomic E-state index is 0.381. The second kappa shape index (κ2) is 7.99. The summed E-state index contributed by atoms with van der Waals surface area (Å²) in [5, 5.41) is 0.835. The van der Waals surface area contributed by atoms with E-state index in [0.717, 1.165) is 48.4 Å². The Balaban J connectivity index is 1.80. The maximum absolute atomic E-state index is 11.6. The molecule has 3 rings (SSSR count). The first kappa shape index (κ1) is 17.9. The molecule has 2 aromatic rings. The van der Waals surface area contributed by atoms with Crippen LogP contribution in [0.25, 0.3) is 10.2 Å². The Kier molecular flexibility index (Phi) is 5.72. The van der Waals surface area contributed by atoms with Crippen LogP contribution in [0.4, 0.5) is 11.4 Å². The van der Waals surface area contributed by atoms with Crippen LogP contribution in [0.1, 0.15) is 22.5 Å². The lowest BCUT2D eigenvalue weighted by Crippen LogP contribution is -2.37. The number of anilines is 2. The number of nitrogens with zero attached hydrogens (tertiary/aromatic N) is 2. The van der Waals surface area contributed by atoms with E-state index in [0.29, 0.717) is 29.7 Å². The average Bonchev–Trinajstić information content (AvgIpc) is 2.96. The Morgan fingerprint density at radius 3 is 3.08 bits per heavy atom. The first-order chi connectivity index (χ1) is 12.1. The molecule has 1 amide bonds. The van der Waals surface area contributed by atoms with Crippen molar-refractivity contribution in [2.45, 2.75) is 12.8 Å². The van der Waals surface area contributed by atoms with Crippen molar-refractivity contribution in [2.75, 3.05) is 50.7 Å². The van der Waals surface area contributed by atoms with Gasteiger partial charge in [0.05, 0.1) is 36.6 Å². The second-order valence-corrected chi connectivity index (χ2v) is 7.24. The number of primary amides is 1. The van der Waals surface area contributed by atoms with Crippen molar-refractivity contribution >= 4 is 38.8 Å². The lowest BCUT2D eigenvalue weighted by atomic mass is 9.98. The third-order valence-electron chi connectivity index (χ3n) is 4.48. The Morgan fingerprint density at radius 1 is 1.48 bits per heavy atom. The van der Waals surface area contributed by atoms with Crippen LogP contribution in [0.15, 0.2) is 12.3 Å². The third kappa shape index (κ3) is 3.86. The van der Waals surface area contributed by atoms with Crippen molar-refractivity contribution in [2.24, 2.45) is 11.7 Å². The molecule has 1 atom stereocenters. The predicted molar refractivity (Wildman–Crippen MR) is 100 cm³/mol. The fraction of sp³-hybridized carbons (Fsp3) is 0.529. The topological polar surface area (TPSA) is 104 Å². The maximum Gasteiger partial charge on any atom is 0.260 e. The number of aromatic nitrogens is 1. The molecule has 1 aliphatic rings. The Bertz CT molecular complexity index is 749. The van der Waals surface area contributed by atoms with Gasteiger partial charge in [-0.15, -0.1) is 11.3 Å². The lowest BCUT2D eigenvalue weighted by Gasteiger charge is -2.34. The van der Waals surface area contributed by atoms with Gasteiger partial charge in [0.1, 0.15) is 9.71 Å².